The van der Waals surface area contributed by atoms with Gasteiger partial charge in [0.2, 0.25) is 15.9 Å². The van der Waals surface area contributed by atoms with E-state index in [1.807, 2.05) is 4.90 Å². The molecule has 1 aliphatic carbocycles. The molecule has 1 saturated carbocycles. The van der Waals surface area contributed by atoms with Crippen molar-refractivity contribution in [2.45, 2.75) is 26.2 Å². The van der Waals surface area contributed by atoms with Crippen LogP contribution in [0.1, 0.15) is 26.2 Å². The number of morpholine rings is 1. The maximum absolute atomic E-state index is 12.4. The third-order valence-corrected chi connectivity index (χ3v) is 7.21. The Labute approximate surface area is 132 Å². The summed E-state index contributed by atoms with van der Waals surface area (Å²) in [7, 11) is -3.18. The van der Waals surface area contributed by atoms with Crippen molar-refractivity contribution in [2.24, 2.45) is 17.8 Å². The van der Waals surface area contributed by atoms with E-state index in [2.05, 4.69) is 6.92 Å². The molecule has 3 rings (SSSR count). The number of carbonyl (C=O) groups excluding carboxylic acids is 1. The molecule has 0 radical (unpaired) electrons. The maximum Gasteiger partial charge on any atom is 0.225 e. The lowest BCUT2D eigenvalue weighted by molar-refractivity contribution is -0.134. The predicted molar refractivity (Wildman–Crippen MR) is 82.8 cm³/mol. The second kappa shape index (κ2) is 6.45. The summed E-state index contributed by atoms with van der Waals surface area (Å²) in [5, 5.41) is 0. The van der Waals surface area contributed by atoms with Gasteiger partial charge >= 0.3 is 0 Å². The smallest absolute Gasteiger partial charge is 0.225 e. The van der Waals surface area contributed by atoms with Crippen LogP contribution in [0.25, 0.3) is 0 Å². The fourth-order valence-electron chi connectivity index (χ4n) is 3.45. The standard InChI is InChI=1S/C15H26N2O4S/c1-12-10-14(12)15(18)16-4-2-13(3-5-16)11-22(19,20)17-6-8-21-9-7-17/h12-14H,2-11H2,1H3. The number of ether oxygens (including phenoxy) is 1. The number of carbonyl (C=O) groups is 1. The topological polar surface area (TPSA) is 66.9 Å². The zero-order valence-corrected chi connectivity index (χ0v) is 14.1. The van der Waals surface area contributed by atoms with Gasteiger partial charge in [0.1, 0.15) is 0 Å². The lowest BCUT2D eigenvalue weighted by Gasteiger charge is -2.34. The number of piperidine rings is 1. The van der Waals surface area contributed by atoms with Crippen LogP contribution in [0.5, 0.6) is 0 Å². The molecule has 2 aliphatic heterocycles. The van der Waals surface area contributed by atoms with Crippen molar-refractivity contribution < 1.29 is 17.9 Å². The Kier molecular flexibility index (Phi) is 4.75. The highest BCUT2D eigenvalue weighted by atomic mass is 32.2. The first-order valence-electron chi connectivity index (χ1n) is 8.32. The Morgan fingerprint density at radius 2 is 1.73 bits per heavy atom. The molecule has 2 saturated heterocycles. The number of hydrogen-bond donors (Lipinski definition) is 0. The van der Waals surface area contributed by atoms with Gasteiger partial charge in [-0.1, -0.05) is 6.92 Å². The van der Waals surface area contributed by atoms with Gasteiger partial charge in [-0.15, -0.1) is 0 Å². The molecule has 0 spiro atoms. The van der Waals surface area contributed by atoms with Crippen molar-refractivity contribution in [1.29, 1.82) is 0 Å². The van der Waals surface area contributed by atoms with Gasteiger partial charge in [-0.3, -0.25) is 4.79 Å². The molecule has 0 aromatic carbocycles. The molecule has 6 nitrogen and oxygen atoms in total. The van der Waals surface area contributed by atoms with Crippen LogP contribution in [-0.2, 0) is 19.6 Å². The molecular weight excluding hydrogens is 304 g/mol. The van der Waals surface area contributed by atoms with E-state index in [-0.39, 0.29) is 23.5 Å². The van der Waals surface area contributed by atoms with Gasteiger partial charge in [-0.2, -0.15) is 4.31 Å². The second-order valence-electron chi connectivity index (χ2n) is 6.88. The van der Waals surface area contributed by atoms with Crippen molar-refractivity contribution in [1.82, 2.24) is 9.21 Å². The monoisotopic (exact) mass is 330 g/mol. The van der Waals surface area contributed by atoms with E-state index >= 15 is 0 Å². The van der Waals surface area contributed by atoms with Gasteiger partial charge in [-0.05, 0) is 31.1 Å². The van der Waals surface area contributed by atoms with E-state index in [4.69, 9.17) is 4.74 Å². The molecule has 0 bridgehead atoms. The molecule has 1 amide bonds. The minimum atomic E-state index is -3.18. The van der Waals surface area contributed by atoms with E-state index in [9.17, 15) is 13.2 Å². The van der Waals surface area contributed by atoms with E-state index in [0.29, 0.717) is 45.3 Å². The van der Waals surface area contributed by atoms with Gasteiger partial charge in [0.05, 0.1) is 19.0 Å². The Morgan fingerprint density at radius 1 is 1.14 bits per heavy atom. The summed E-state index contributed by atoms with van der Waals surface area (Å²) >= 11 is 0. The first kappa shape index (κ1) is 16.2. The van der Waals surface area contributed by atoms with Crippen LogP contribution in [0.3, 0.4) is 0 Å². The minimum Gasteiger partial charge on any atom is -0.379 e. The van der Waals surface area contributed by atoms with E-state index in [1.165, 1.54) is 0 Å². The normalized spacial score (nSPS) is 31.2. The third-order valence-electron chi connectivity index (χ3n) is 5.16. The predicted octanol–water partition coefficient (Wildman–Crippen LogP) is 0.543. The number of hydrogen-bond acceptors (Lipinski definition) is 4. The Balaban J connectivity index is 1.48. The molecule has 0 N–H and O–H groups in total. The number of likely N-dealkylation sites (tertiary alicyclic amines) is 1. The van der Waals surface area contributed by atoms with Crippen LogP contribution in [-0.4, -0.2) is 68.7 Å². The molecule has 2 heterocycles. The Morgan fingerprint density at radius 3 is 2.27 bits per heavy atom. The number of nitrogens with zero attached hydrogens (tertiary/aromatic N) is 2. The summed E-state index contributed by atoms with van der Waals surface area (Å²) in [5.41, 5.74) is 0. The molecule has 0 aromatic rings. The quantitative estimate of drug-likeness (QED) is 0.755. The largest absolute Gasteiger partial charge is 0.379 e. The van der Waals surface area contributed by atoms with Gasteiger partial charge < -0.3 is 9.64 Å². The summed E-state index contributed by atoms with van der Waals surface area (Å²) in [4.78, 5) is 14.1. The Bertz CT molecular complexity index is 508. The molecule has 2 unspecified atom stereocenters. The van der Waals surface area contributed by atoms with E-state index in [1.54, 1.807) is 4.31 Å². The zero-order chi connectivity index (χ0) is 15.7. The van der Waals surface area contributed by atoms with E-state index < -0.39 is 10.0 Å². The number of amides is 1. The first-order valence-corrected chi connectivity index (χ1v) is 9.92. The lowest BCUT2D eigenvalue weighted by Crippen LogP contribution is -2.45. The second-order valence-corrected chi connectivity index (χ2v) is 8.89. The molecular formula is C15H26N2O4S. The van der Waals surface area contributed by atoms with E-state index in [0.717, 1.165) is 19.3 Å². The summed E-state index contributed by atoms with van der Waals surface area (Å²) in [6.07, 6.45) is 2.62. The van der Waals surface area contributed by atoms with Crippen molar-refractivity contribution in [3.63, 3.8) is 0 Å². The fraction of sp³-hybridized carbons (Fsp3) is 0.933. The molecule has 3 aliphatic rings. The van der Waals surface area contributed by atoms with Gasteiger partial charge in [0, 0.05) is 32.1 Å². The van der Waals surface area contributed by atoms with Crippen LogP contribution >= 0.6 is 0 Å². The lowest BCUT2D eigenvalue weighted by atomic mass is 9.98. The van der Waals surface area contributed by atoms with Crippen molar-refractivity contribution in [2.75, 3.05) is 45.1 Å². The average Bonchev–Trinajstić information content (AvgIpc) is 3.25. The zero-order valence-electron chi connectivity index (χ0n) is 13.2. The minimum absolute atomic E-state index is 0.175. The number of sulfonamides is 1. The van der Waals surface area contributed by atoms with Crippen LogP contribution in [0.2, 0.25) is 0 Å². The van der Waals surface area contributed by atoms with Crippen LogP contribution < -0.4 is 0 Å². The fourth-order valence-corrected chi connectivity index (χ4v) is 5.29. The highest BCUT2D eigenvalue weighted by Gasteiger charge is 2.42. The maximum atomic E-state index is 12.4. The van der Waals surface area contributed by atoms with Crippen molar-refractivity contribution in [3.8, 4) is 0 Å². The molecule has 3 fully saturated rings. The SMILES string of the molecule is CC1CC1C(=O)N1CCC(CS(=O)(=O)N2CCOCC2)CC1. The summed E-state index contributed by atoms with van der Waals surface area (Å²) in [6.45, 7) is 5.47. The summed E-state index contributed by atoms with van der Waals surface area (Å²) < 4.78 is 31.6. The average molecular weight is 330 g/mol. The molecule has 22 heavy (non-hydrogen) atoms. The third kappa shape index (κ3) is 3.63. The number of rotatable bonds is 4. The van der Waals surface area contributed by atoms with Crippen molar-refractivity contribution >= 4 is 15.9 Å². The van der Waals surface area contributed by atoms with Crippen LogP contribution in [0.15, 0.2) is 0 Å². The Hall–Kier alpha value is -0.660. The van der Waals surface area contributed by atoms with Gasteiger partial charge in [0.15, 0.2) is 0 Å². The highest BCUT2D eigenvalue weighted by molar-refractivity contribution is 7.89. The summed E-state index contributed by atoms with van der Waals surface area (Å²) in [5.74, 6) is 1.44. The van der Waals surface area contributed by atoms with Gasteiger partial charge in [-0.25, -0.2) is 8.42 Å². The first-order chi connectivity index (χ1) is 10.5. The molecule has 7 heteroatoms. The van der Waals surface area contributed by atoms with Gasteiger partial charge in [0.25, 0.3) is 0 Å². The molecule has 2 atom stereocenters. The summed E-state index contributed by atoms with van der Waals surface area (Å²) in [6, 6.07) is 0. The molecule has 0 aromatic heterocycles. The molecule has 126 valence electrons. The van der Waals surface area contributed by atoms with Crippen LogP contribution in [0, 0.1) is 17.8 Å². The van der Waals surface area contributed by atoms with Crippen LogP contribution in [0.4, 0.5) is 0 Å². The van der Waals surface area contributed by atoms with Crippen molar-refractivity contribution in [3.05, 3.63) is 0 Å². The highest BCUT2D eigenvalue weighted by Crippen LogP contribution is 2.39.